The monoisotopic (exact) mass is 256 g/mol. The van der Waals surface area contributed by atoms with Gasteiger partial charge in [-0.15, -0.1) is 0 Å². The van der Waals surface area contributed by atoms with Crippen molar-refractivity contribution in [2.45, 2.75) is 43.9 Å². The van der Waals surface area contributed by atoms with Gasteiger partial charge in [0.25, 0.3) is 0 Å². The number of unbranched alkanes of at least 4 members (excludes halogenated alkanes) is 3. The van der Waals surface area contributed by atoms with Crippen LogP contribution in [-0.4, -0.2) is 10.8 Å². The summed E-state index contributed by atoms with van der Waals surface area (Å²) in [5, 5.41) is 0. The molecule has 1 unspecified atom stereocenters. The van der Waals surface area contributed by atoms with E-state index in [9.17, 15) is 4.79 Å². The molecule has 0 amide bonds. The molecule has 0 saturated carbocycles. The van der Waals surface area contributed by atoms with Gasteiger partial charge in [0.15, 0.2) is 0 Å². The Labute approximate surface area is 86.9 Å². The maximum absolute atomic E-state index is 10.8. The molecule has 0 aromatic carbocycles. The van der Waals surface area contributed by atoms with Gasteiger partial charge in [0.1, 0.15) is 16.7 Å². The van der Waals surface area contributed by atoms with E-state index in [4.69, 9.17) is 11.9 Å². The van der Waals surface area contributed by atoms with Crippen molar-refractivity contribution in [2.24, 2.45) is 0 Å². The quantitative estimate of drug-likeness (QED) is 0.538. The lowest BCUT2D eigenvalue weighted by Gasteiger charge is -2.04. The van der Waals surface area contributed by atoms with E-state index in [0.29, 0.717) is 0 Å². The predicted octanol–water partition coefficient (Wildman–Crippen LogP) is 3.42. The molecule has 0 N–H and O–H groups in total. The lowest BCUT2D eigenvalue weighted by Crippen LogP contribution is -2.13. The average molecular weight is 258 g/mol. The smallest absolute Gasteiger partial charge is 0.338 e. The first-order valence-electron chi connectivity index (χ1n) is 4.18. The van der Waals surface area contributed by atoms with E-state index in [1.165, 1.54) is 12.8 Å². The maximum atomic E-state index is 10.8. The first kappa shape index (κ1) is 12.2. The largest absolute Gasteiger partial charge is 0.346 e. The van der Waals surface area contributed by atoms with Crippen LogP contribution in [0.1, 0.15) is 39.0 Å². The SMILES string of the molecule is CCCCCCC(Br)C(=O)OCl. The van der Waals surface area contributed by atoms with Crippen LogP contribution in [0.4, 0.5) is 0 Å². The van der Waals surface area contributed by atoms with Crippen LogP contribution in [0.5, 0.6) is 0 Å². The van der Waals surface area contributed by atoms with Gasteiger partial charge in [-0.3, -0.25) is 0 Å². The molecule has 0 bridgehead atoms. The third-order valence-electron chi connectivity index (χ3n) is 1.64. The second kappa shape index (κ2) is 7.87. The molecule has 0 heterocycles. The molecule has 2 nitrogen and oxygen atoms in total. The number of carbonyl (C=O) groups is 1. The van der Waals surface area contributed by atoms with E-state index in [-0.39, 0.29) is 4.83 Å². The van der Waals surface area contributed by atoms with Gasteiger partial charge in [-0.2, -0.15) is 0 Å². The van der Waals surface area contributed by atoms with Crippen LogP contribution in [0.15, 0.2) is 0 Å². The molecule has 12 heavy (non-hydrogen) atoms. The summed E-state index contributed by atoms with van der Waals surface area (Å²) in [5.41, 5.74) is 0. The number of hydrogen-bond acceptors (Lipinski definition) is 2. The second-order valence-electron chi connectivity index (χ2n) is 2.71. The lowest BCUT2D eigenvalue weighted by atomic mass is 10.1. The molecule has 0 saturated heterocycles. The van der Waals surface area contributed by atoms with Crippen LogP contribution in [-0.2, 0) is 9.08 Å². The highest BCUT2D eigenvalue weighted by Crippen LogP contribution is 2.13. The number of halogens is 2. The summed E-state index contributed by atoms with van der Waals surface area (Å²) < 4.78 is 4.06. The summed E-state index contributed by atoms with van der Waals surface area (Å²) >= 11 is 8.10. The molecular weight excluding hydrogens is 243 g/mol. The molecule has 0 spiro atoms. The molecular formula is C8H14BrClO2. The van der Waals surface area contributed by atoms with Crippen LogP contribution < -0.4 is 0 Å². The molecule has 4 heteroatoms. The van der Waals surface area contributed by atoms with Crippen LogP contribution >= 0.6 is 27.8 Å². The third kappa shape index (κ3) is 5.84. The normalized spacial score (nSPS) is 12.6. The van der Waals surface area contributed by atoms with Crippen LogP contribution in [0.25, 0.3) is 0 Å². The standard InChI is InChI=1S/C8H14BrClO2/c1-2-3-4-5-6-7(9)8(11)12-10/h7H,2-6H2,1H3. The van der Waals surface area contributed by atoms with Gasteiger partial charge in [0.2, 0.25) is 0 Å². The highest BCUT2D eigenvalue weighted by molar-refractivity contribution is 9.10. The Morgan fingerprint density at radius 1 is 1.50 bits per heavy atom. The zero-order valence-electron chi connectivity index (χ0n) is 7.19. The molecule has 0 fully saturated rings. The van der Waals surface area contributed by atoms with Gasteiger partial charge < -0.3 is 4.29 Å². The molecule has 1 atom stereocenters. The minimum absolute atomic E-state index is 0.244. The van der Waals surface area contributed by atoms with Gasteiger partial charge >= 0.3 is 5.97 Å². The molecule has 0 aliphatic heterocycles. The molecule has 0 aromatic heterocycles. The van der Waals surface area contributed by atoms with Gasteiger partial charge in [-0.05, 0) is 6.42 Å². The van der Waals surface area contributed by atoms with Gasteiger partial charge in [0, 0.05) is 0 Å². The Morgan fingerprint density at radius 2 is 2.17 bits per heavy atom. The van der Waals surface area contributed by atoms with E-state index in [0.717, 1.165) is 19.3 Å². The molecule has 0 aromatic rings. The van der Waals surface area contributed by atoms with Crippen molar-refractivity contribution in [3.63, 3.8) is 0 Å². The Balaban J connectivity index is 3.31. The molecule has 0 aliphatic carbocycles. The average Bonchev–Trinajstić information content (AvgIpc) is 2.10. The van der Waals surface area contributed by atoms with Crippen LogP contribution in [0, 0.1) is 0 Å². The van der Waals surface area contributed by atoms with Crippen molar-refractivity contribution in [3.8, 4) is 0 Å². The van der Waals surface area contributed by atoms with E-state index in [1.54, 1.807) is 0 Å². The Bertz CT molecular complexity index is 130. The highest BCUT2D eigenvalue weighted by Gasteiger charge is 2.14. The van der Waals surface area contributed by atoms with E-state index in [1.807, 2.05) is 0 Å². The lowest BCUT2D eigenvalue weighted by molar-refractivity contribution is -0.133. The van der Waals surface area contributed by atoms with Crippen molar-refractivity contribution in [2.75, 3.05) is 0 Å². The number of hydrogen-bond donors (Lipinski definition) is 0. The number of rotatable bonds is 6. The zero-order valence-corrected chi connectivity index (χ0v) is 9.53. The number of carbonyl (C=O) groups excluding carboxylic acids is 1. The second-order valence-corrected chi connectivity index (χ2v) is 3.97. The zero-order chi connectivity index (χ0) is 9.40. The van der Waals surface area contributed by atoms with Crippen molar-refractivity contribution in [1.29, 1.82) is 0 Å². The Kier molecular flexibility index (Phi) is 8.02. The van der Waals surface area contributed by atoms with Crippen molar-refractivity contribution in [3.05, 3.63) is 0 Å². The summed E-state index contributed by atoms with van der Waals surface area (Å²) in [6, 6.07) is 0. The highest BCUT2D eigenvalue weighted by atomic mass is 79.9. The summed E-state index contributed by atoms with van der Waals surface area (Å²) in [4.78, 5) is 10.5. The Morgan fingerprint density at radius 3 is 2.67 bits per heavy atom. The van der Waals surface area contributed by atoms with Crippen molar-refractivity contribution < 1.29 is 9.08 Å². The van der Waals surface area contributed by atoms with Gasteiger partial charge in [0.05, 0.1) is 0 Å². The fourth-order valence-electron chi connectivity index (χ4n) is 0.917. The van der Waals surface area contributed by atoms with Crippen LogP contribution in [0.2, 0.25) is 0 Å². The fourth-order valence-corrected chi connectivity index (χ4v) is 1.55. The molecule has 72 valence electrons. The molecule has 0 aliphatic rings. The fraction of sp³-hybridized carbons (Fsp3) is 0.875. The van der Waals surface area contributed by atoms with Gasteiger partial charge in [-0.1, -0.05) is 48.5 Å². The minimum Gasteiger partial charge on any atom is -0.346 e. The first-order valence-corrected chi connectivity index (χ1v) is 5.41. The van der Waals surface area contributed by atoms with Crippen molar-refractivity contribution >= 4 is 33.8 Å². The van der Waals surface area contributed by atoms with Crippen LogP contribution in [0.3, 0.4) is 0 Å². The van der Waals surface area contributed by atoms with E-state index in [2.05, 4.69) is 27.1 Å². The molecule has 0 rings (SSSR count). The topological polar surface area (TPSA) is 26.3 Å². The molecule has 0 radical (unpaired) electrons. The summed E-state index contributed by atoms with van der Waals surface area (Å²) in [5.74, 6) is -0.395. The summed E-state index contributed by atoms with van der Waals surface area (Å²) in [6.07, 6.45) is 5.41. The predicted molar refractivity (Wildman–Crippen MR) is 53.4 cm³/mol. The number of alkyl halides is 1. The maximum Gasteiger partial charge on any atom is 0.338 e. The van der Waals surface area contributed by atoms with Crippen molar-refractivity contribution in [1.82, 2.24) is 0 Å². The van der Waals surface area contributed by atoms with Gasteiger partial charge in [-0.25, -0.2) is 4.79 Å². The van der Waals surface area contributed by atoms with E-state index >= 15 is 0 Å². The Hall–Kier alpha value is 0.240. The summed E-state index contributed by atoms with van der Waals surface area (Å²) in [7, 11) is 0. The minimum atomic E-state index is -0.395. The summed E-state index contributed by atoms with van der Waals surface area (Å²) in [6.45, 7) is 2.15. The third-order valence-corrected chi connectivity index (χ3v) is 2.63. The first-order chi connectivity index (χ1) is 5.72. The van der Waals surface area contributed by atoms with E-state index < -0.39 is 5.97 Å².